The summed E-state index contributed by atoms with van der Waals surface area (Å²) in [5, 5.41) is 3.63. The van der Waals surface area contributed by atoms with E-state index in [0.717, 1.165) is 10.9 Å². The molecule has 1 amide bonds. The van der Waals surface area contributed by atoms with E-state index in [1.807, 2.05) is 38.2 Å². The number of hydrogen-bond donors (Lipinski definition) is 2. The first-order valence-corrected chi connectivity index (χ1v) is 6.12. The van der Waals surface area contributed by atoms with E-state index in [0.29, 0.717) is 12.4 Å². The van der Waals surface area contributed by atoms with E-state index in [2.05, 4.69) is 15.3 Å². The van der Waals surface area contributed by atoms with Crippen LogP contribution in [0.2, 0.25) is 0 Å². The number of nitrogen functional groups attached to an aromatic ring is 1. The van der Waals surface area contributed by atoms with Crippen LogP contribution in [-0.2, 0) is 4.79 Å². The fourth-order valence-electron chi connectivity index (χ4n) is 1.91. The van der Waals surface area contributed by atoms with Crippen molar-refractivity contribution in [3.8, 4) is 0 Å². The van der Waals surface area contributed by atoms with Crippen LogP contribution in [0.25, 0.3) is 10.9 Å². The van der Waals surface area contributed by atoms with Gasteiger partial charge in [-0.2, -0.15) is 4.98 Å². The molecule has 0 aliphatic carbocycles. The van der Waals surface area contributed by atoms with Gasteiger partial charge in [0.2, 0.25) is 11.9 Å². The Hall–Kier alpha value is -2.37. The third kappa shape index (κ3) is 2.90. The molecular weight excluding hydrogens is 242 g/mol. The molecule has 0 aliphatic rings. The molecule has 0 bridgehead atoms. The second kappa shape index (κ2) is 5.51. The lowest BCUT2D eigenvalue weighted by atomic mass is 10.2. The van der Waals surface area contributed by atoms with E-state index in [1.165, 1.54) is 0 Å². The topological polar surface area (TPSA) is 84.1 Å². The summed E-state index contributed by atoms with van der Waals surface area (Å²) in [7, 11) is 1.81. The fraction of sp³-hybridized carbons (Fsp3) is 0.308. The number of para-hydroxylation sites is 1. The Balaban J connectivity index is 2.35. The highest BCUT2D eigenvalue weighted by molar-refractivity contribution is 5.92. The van der Waals surface area contributed by atoms with E-state index >= 15 is 0 Å². The molecule has 1 aromatic heterocycles. The highest BCUT2D eigenvalue weighted by Crippen LogP contribution is 2.23. The zero-order valence-electron chi connectivity index (χ0n) is 11.1. The van der Waals surface area contributed by atoms with Gasteiger partial charge >= 0.3 is 0 Å². The molecule has 1 heterocycles. The van der Waals surface area contributed by atoms with Gasteiger partial charge in [0.1, 0.15) is 5.82 Å². The Morgan fingerprint density at radius 3 is 2.84 bits per heavy atom. The maximum atomic E-state index is 11.6. The molecule has 0 saturated heterocycles. The molecule has 0 fully saturated rings. The molecule has 6 nitrogen and oxygen atoms in total. The summed E-state index contributed by atoms with van der Waals surface area (Å²) in [6.45, 7) is 2.73. The molecule has 1 aromatic carbocycles. The molecule has 0 radical (unpaired) electrons. The Kier molecular flexibility index (Phi) is 3.79. The van der Waals surface area contributed by atoms with Crippen LogP contribution >= 0.6 is 0 Å². The summed E-state index contributed by atoms with van der Waals surface area (Å²) in [4.78, 5) is 21.8. The SMILES string of the molecule is CCNC(=O)CN(C)c1nc(N)nc2ccccc12. The Morgan fingerprint density at radius 1 is 1.37 bits per heavy atom. The van der Waals surface area contributed by atoms with Gasteiger partial charge in [-0.3, -0.25) is 4.79 Å². The zero-order valence-corrected chi connectivity index (χ0v) is 11.1. The highest BCUT2D eigenvalue weighted by atomic mass is 16.2. The lowest BCUT2D eigenvalue weighted by Crippen LogP contribution is -2.35. The normalized spacial score (nSPS) is 10.4. The van der Waals surface area contributed by atoms with Crippen molar-refractivity contribution < 1.29 is 4.79 Å². The minimum Gasteiger partial charge on any atom is -0.368 e. The Bertz CT molecular complexity index is 599. The maximum absolute atomic E-state index is 11.6. The molecule has 6 heteroatoms. The molecule has 19 heavy (non-hydrogen) atoms. The van der Waals surface area contributed by atoms with E-state index < -0.39 is 0 Å². The third-order valence-electron chi connectivity index (χ3n) is 2.72. The number of likely N-dealkylation sites (N-methyl/N-ethyl adjacent to an activating group) is 2. The number of fused-ring (bicyclic) bond motifs is 1. The van der Waals surface area contributed by atoms with Crippen molar-refractivity contribution in [2.75, 3.05) is 30.8 Å². The number of rotatable bonds is 4. The second-order valence-electron chi connectivity index (χ2n) is 4.23. The molecule has 0 atom stereocenters. The minimum absolute atomic E-state index is 0.0498. The lowest BCUT2D eigenvalue weighted by molar-refractivity contribution is -0.119. The molecular formula is C13H17N5O. The van der Waals surface area contributed by atoms with Gasteiger partial charge in [0, 0.05) is 19.0 Å². The van der Waals surface area contributed by atoms with Gasteiger partial charge in [0.15, 0.2) is 0 Å². The second-order valence-corrected chi connectivity index (χ2v) is 4.23. The average molecular weight is 259 g/mol. The standard InChI is InChI=1S/C13H17N5O/c1-3-15-11(19)8-18(2)12-9-6-4-5-7-10(9)16-13(14)17-12/h4-7H,3,8H2,1-2H3,(H,15,19)(H2,14,16,17). The van der Waals surface area contributed by atoms with E-state index in [1.54, 1.807) is 4.90 Å². The Labute approximate surface area is 111 Å². The van der Waals surface area contributed by atoms with Crippen LogP contribution in [0.1, 0.15) is 6.92 Å². The lowest BCUT2D eigenvalue weighted by Gasteiger charge is -2.19. The van der Waals surface area contributed by atoms with Crippen LogP contribution in [0, 0.1) is 0 Å². The third-order valence-corrected chi connectivity index (χ3v) is 2.72. The van der Waals surface area contributed by atoms with Crippen molar-refractivity contribution in [2.45, 2.75) is 6.92 Å². The summed E-state index contributed by atoms with van der Waals surface area (Å²) >= 11 is 0. The number of benzene rings is 1. The van der Waals surface area contributed by atoms with Crippen molar-refractivity contribution in [3.63, 3.8) is 0 Å². The molecule has 100 valence electrons. The number of aromatic nitrogens is 2. The fourth-order valence-corrected chi connectivity index (χ4v) is 1.91. The van der Waals surface area contributed by atoms with Crippen LogP contribution in [-0.4, -0.2) is 36.0 Å². The summed E-state index contributed by atoms with van der Waals surface area (Å²) in [5.74, 6) is 0.817. The molecule has 2 aromatic rings. The molecule has 0 saturated carbocycles. The van der Waals surface area contributed by atoms with Crippen molar-refractivity contribution in [3.05, 3.63) is 24.3 Å². The van der Waals surface area contributed by atoms with Gasteiger partial charge in [0.25, 0.3) is 0 Å². The van der Waals surface area contributed by atoms with Crippen molar-refractivity contribution in [1.29, 1.82) is 0 Å². The number of amides is 1. The number of nitrogens with two attached hydrogens (primary N) is 1. The van der Waals surface area contributed by atoms with Gasteiger partial charge < -0.3 is 16.0 Å². The molecule has 3 N–H and O–H groups in total. The first kappa shape index (κ1) is 13.1. The summed E-state index contributed by atoms with van der Waals surface area (Å²) in [6, 6.07) is 7.59. The highest BCUT2D eigenvalue weighted by Gasteiger charge is 2.12. The number of hydrogen-bond acceptors (Lipinski definition) is 5. The monoisotopic (exact) mass is 259 g/mol. The van der Waals surface area contributed by atoms with Gasteiger partial charge in [-0.1, -0.05) is 12.1 Å². The number of nitrogens with one attached hydrogen (secondary N) is 1. The van der Waals surface area contributed by atoms with Crippen LogP contribution in [0.15, 0.2) is 24.3 Å². The van der Waals surface area contributed by atoms with Gasteiger partial charge in [0.05, 0.1) is 12.1 Å². The van der Waals surface area contributed by atoms with Crippen LogP contribution < -0.4 is 16.0 Å². The van der Waals surface area contributed by atoms with Gasteiger partial charge in [-0.15, -0.1) is 0 Å². The molecule has 0 unspecified atom stereocenters. The maximum Gasteiger partial charge on any atom is 0.239 e. The predicted octanol–water partition coefficient (Wildman–Crippen LogP) is 0.784. The predicted molar refractivity (Wildman–Crippen MR) is 75.9 cm³/mol. The smallest absolute Gasteiger partial charge is 0.239 e. The first-order valence-electron chi connectivity index (χ1n) is 6.12. The number of nitrogens with zero attached hydrogens (tertiary/aromatic N) is 3. The van der Waals surface area contributed by atoms with E-state index in [4.69, 9.17) is 5.73 Å². The largest absolute Gasteiger partial charge is 0.368 e. The van der Waals surface area contributed by atoms with Gasteiger partial charge in [-0.25, -0.2) is 4.98 Å². The van der Waals surface area contributed by atoms with Crippen LogP contribution in [0.4, 0.5) is 11.8 Å². The molecule has 0 spiro atoms. The van der Waals surface area contributed by atoms with E-state index in [-0.39, 0.29) is 18.4 Å². The first-order chi connectivity index (χ1) is 9.11. The number of carbonyl (C=O) groups excluding carboxylic acids is 1. The molecule has 0 aliphatic heterocycles. The van der Waals surface area contributed by atoms with Crippen LogP contribution in [0.5, 0.6) is 0 Å². The Morgan fingerprint density at radius 2 is 2.11 bits per heavy atom. The summed E-state index contributed by atoms with van der Waals surface area (Å²) in [5.41, 5.74) is 6.47. The van der Waals surface area contributed by atoms with Crippen LogP contribution in [0.3, 0.4) is 0 Å². The van der Waals surface area contributed by atoms with E-state index in [9.17, 15) is 4.79 Å². The number of carbonyl (C=O) groups is 1. The van der Waals surface area contributed by atoms with Crippen molar-refractivity contribution in [1.82, 2.24) is 15.3 Å². The number of anilines is 2. The minimum atomic E-state index is -0.0498. The summed E-state index contributed by atoms with van der Waals surface area (Å²) in [6.07, 6.45) is 0. The molecule has 2 rings (SSSR count). The van der Waals surface area contributed by atoms with Crippen molar-refractivity contribution in [2.24, 2.45) is 0 Å². The summed E-state index contributed by atoms with van der Waals surface area (Å²) < 4.78 is 0. The zero-order chi connectivity index (χ0) is 13.8. The quantitative estimate of drug-likeness (QED) is 0.847. The van der Waals surface area contributed by atoms with Crippen molar-refractivity contribution >= 4 is 28.6 Å². The average Bonchev–Trinajstić information content (AvgIpc) is 2.37. The van der Waals surface area contributed by atoms with Gasteiger partial charge in [-0.05, 0) is 19.1 Å².